The Balaban J connectivity index is 2.14. The molecule has 21 heavy (non-hydrogen) atoms. The van der Waals surface area contributed by atoms with Gasteiger partial charge in [0.2, 0.25) is 0 Å². The van der Waals surface area contributed by atoms with Crippen molar-refractivity contribution in [3.8, 4) is 6.07 Å². The molecule has 0 aliphatic heterocycles. The molecule has 1 aromatic carbocycles. The van der Waals surface area contributed by atoms with E-state index in [9.17, 15) is 9.18 Å². The molecule has 0 atom stereocenters. The number of halogens is 1. The van der Waals surface area contributed by atoms with Crippen LogP contribution in [0.3, 0.4) is 0 Å². The molecule has 0 amide bonds. The first-order valence-electron chi connectivity index (χ1n) is 7.13. The first kappa shape index (κ1) is 15.5. The van der Waals surface area contributed by atoms with Gasteiger partial charge >= 0.3 is 5.97 Å². The molecule has 1 saturated carbocycles. The van der Waals surface area contributed by atoms with Gasteiger partial charge in [-0.1, -0.05) is 18.9 Å². The Hall–Kier alpha value is -1.93. The second-order valence-corrected chi connectivity index (χ2v) is 5.34. The van der Waals surface area contributed by atoms with E-state index in [1.807, 2.05) is 11.0 Å². The Morgan fingerprint density at radius 2 is 2.19 bits per heavy atom. The van der Waals surface area contributed by atoms with E-state index in [2.05, 4.69) is 0 Å². The molecule has 0 aromatic heterocycles. The number of carbonyl (C=O) groups excluding carboxylic acids is 1. The molecular formula is C16H19FN2O2. The number of nitrogens with zero attached hydrogens (tertiary/aromatic N) is 2. The number of nitriles is 1. The van der Waals surface area contributed by atoms with Crippen LogP contribution in [0.4, 0.5) is 4.39 Å². The largest absolute Gasteiger partial charge is 0.468 e. The highest BCUT2D eigenvalue weighted by molar-refractivity contribution is 5.71. The van der Waals surface area contributed by atoms with Crippen LogP contribution in [0, 0.1) is 17.1 Å². The van der Waals surface area contributed by atoms with E-state index in [4.69, 9.17) is 10.00 Å². The van der Waals surface area contributed by atoms with E-state index in [1.54, 1.807) is 12.1 Å². The first-order valence-corrected chi connectivity index (χ1v) is 7.13. The van der Waals surface area contributed by atoms with Gasteiger partial charge in [0, 0.05) is 18.2 Å². The van der Waals surface area contributed by atoms with Crippen LogP contribution in [0.5, 0.6) is 0 Å². The van der Waals surface area contributed by atoms with Crippen LogP contribution in [0.25, 0.3) is 0 Å². The Morgan fingerprint density at radius 1 is 1.48 bits per heavy atom. The molecule has 0 spiro atoms. The summed E-state index contributed by atoms with van der Waals surface area (Å²) in [6.07, 6.45) is 4.32. The van der Waals surface area contributed by atoms with Gasteiger partial charge < -0.3 is 4.74 Å². The smallest absolute Gasteiger partial charge is 0.319 e. The average molecular weight is 290 g/mol. The fourth-order valence-corrected chi connectivity index (χ4v) is 2.78. The number of hydrogen-bond acceptors (Lipinski definition) is 4. The normalized spacial score (nSPS) is 15.1. The third kappa shape index (κ3) is 4.02. The zero-order valence-corrected chi connectivity index (χ0v) is 12.1. The van der Waals surface area contributed by atoms with Gasteiger partial charge in [0.05, 0.1) is 25.3 Å². The van der Waals surface area contributed by atoms with Gasteiger partial charge in [-0.3, -0.25) is 9.69 Å². The Morgan fingerprint density at radius 3 is 2.76 bits per heavy atom. The highest BCUT2D eigenvalue weighted by Crippen LogP contribution is 2.25. The van der Waals surface area contributed by atoms with Crippen molar-refractivity contribution in [1.29, 1.82) is 5.26 Å². The van der Waals surface area contributed by atoms with E-state index >= 15 is 0 Å². The quantitative estimate of drug-likeness (QED) is 0.782. The standard InChI is InChI=1S/C16H19FN2O2/c1-21-16(20)11-19(14-4-2-3-5-14)10-13-7-6-12(9-18)8-15(13)17/h6-8,14H,2-5,10-11H2,1H3. The maximum atomic E-state index is 14.0. The zero-order valence-electron chi connectivity index (χ0n) is 12.1. The van der Waals surface area contributed by atoms with Crippen LogP contribution >= 0.6 is 0 Å². The van der Waals surface area contributed by atoms with Crippen LogP contribution < -0.4 is 0 Å². The van der Waals surface area contributed by atoms with Gasteiger partial charge in [0.25, 0.3) is 0 Å². The van der Waals surface area contributed by atoms with Crippen molar-refractivity contribution in [2.75, 3.05) is 13.7 Å². The van der Waals surface area contributed by atoms with E-state index in [0.717, 1.165) is 25.7 Å². The first-order chi connectivity index (χ1) is 10.1. The fourth-order valence-electron chi connectivity index (χ4n) is 2.78. The van der Waals surface area contributed by atoms with Crippen LogP contribution in [0.2, 0.25) is 0 Å². The molecule has 112 valence electrons. The summed E-state index contributed by atoms with van der Waals surface area (Å²) in [5.41, 5.74) is 0.807. The molecule has 0 heterocycles. The average Bonchev–Trinajstić information content (AvgIpc) is 3.02. The Bertz CT molecular complexity index is 548. The predicted octanol–water partition coefficient (Wildman–Crippen LogP) is 2.61. The van der Waals surface area contributed by atoms with Crippen molar-refractivity contribution in [2.24, 2.45) is 0 Å². The van der Waals surface area contributed by atoms with Gasteiger partial charge in [-0.05, 0) is 25.0 Å². The monoisotopic (exact) mass is 290 g/mol. The van der Waals surface area contributed by atoms with Crippen LogP contribution in [0.15, 0.2) is 18.2 Å². The summed E-state index contributed by atoms with van der Waals surface area (Å²) in [7, 11) is 1.36. The van der Waals surface area contributed by atoms with Crippen molar-refractivity contribution in [3.05, 3.63) is 35.1 Å². The maximum Gasteiger partial charge on any atom is 0.319 e. The SMILES string of the molecule is COC(=O)CN(Cc1ccc(C#N)cc1F)C1CCCC1. The summed E-state index contributed by atoms with van der Waals surface area (Å²) in [6, 6.07) is 6.66. The third-order valence-electron chi connectivity index (χ3n) is 3.96. The summed E-state index contributed by atoms with van der Waals surface area (Å²) in [5.74, 6) is -0.710. The zero-order chi connectivity index (χ0) is 15.2. The molecule has 0 unspecified atom stereocenters. The van der Waals surface area contributed by atoms with Crippen molar-refractivity contribution in [3.63, 3.8) is 0 Å². The summed E-state index contributed by atoms with van der Waals surface area (Å²) in [4.78, 5) is 13.5. The second kappa shape index (κ2) is 7.19. The number of hydrogen-bond donors (Lipinski definition) is 0. The van der Waals surface area contributed by atoms with Crippen molar-refractivity contribution >= 4 is 5.97 Å². The maximum absolute atomic E-state index is 14.0. The third-order valence-corrected chi connectivity index (χ3v) is 3.96. The van der Waals surface area contributed by atoms with Crippen molar-refractivity contribution in [2.45, 2.75) is 38.3 Å². The molecular weight excluding hydrogens is 271 g/mol. The minimum atomic E-state index is -0.401. The number of esters is 1. The van der Waals surface area contributed by atoms with E-state index in [0.29, 0.717) is 23.7 Å². The lowest BCUT2D eigenvalue weighted by atomic mass is 10.1. The molecule has 2 rings (SSSR count). The molecule has 1 aliphatic rings. The number of benzene rings is 1. The number of methoxy groups -OCH3 is 1. The van der Waals surface area contributed by atoms with E-state index < -0.39 is 5.82 Å². The van der Waals surface area contributed by atoms with Crippen LogP contribution in [0.1, 0.15) is 36.8 Å². The summed E-state index contributed by atoms with van der Waals surface area (Å²) < 4.78 is 18.7. The molecule has 1 aromatic rings. The predicted molar refractivity (Wildman–Crippen MR) is 75.8 cm³/mol. The van der Waals surface area contributed by atoms with Gasteiger partial charge in [0.15, 0.2) is 0 Å². The minimum absolute atomic E-state index is 0.167. The number of carbonyl (C=O) groups is 1. The highest BCUT2D eigenvalue weighted by atomic mass is 19.1. The van der Waals surface area contributed by atoms with Gasteiger partial charge in [-0.2, -0.15) is 5.26 Å². The fraction of sp³-hybridized carbons (Fsp3) is 0.500. The lowest BCUT2D eigenvalue weighted by molar-refractivity contribution is -0.142. The summed E-state index contributed by atoms with van der Waals surface area (Å²) >= 11 is 0. The van der Waals surface area contributed by atoms with Gasteiger partial charge in [0.1, 0.15) is 5.82 Å². The Kier molecular flexibility index (Phi) is 5.29. The second-order valence-electron chi connectivity index (χ2n) is 5.34. The summed E-state index contributed by atoms with van der Waals surface area (Å²) in [5, 5.41) is 8.77. The topological polar surface area (TPSA) is 53.3 Å². The lowest BCUT2D eigenvalue weighted by Crippen LogP contribution is -2.37. The molecule has 1 aliphatic carbocycles. The van der Waals surface area contributed by atoms with Crippen LogP contribution in [-0.4, -0.2) is 30.6 Å². The molecule has 0 bridgehead atoms. The summed E-state index contributed by atoms with van der Waals surface area (Å²) in [6.45, 7) is 0.526. The minimum Gasteiger partial charge on any atom is -0.468 e. The van der Waals surface area contributed by atoms with Gasteiger partial charge in [-0.25, -0.2) is 4.39 Å². The molecule has 0 radical (unpaired) electrons. The molecule has 5 heteroatoms. The molecule has 0 N–H and O–H groups in total. The molecule has 1 fully saturated rings. The molecule has 0 saturated heterocycles. The highest BCUT2D eigenvalue weighted by Gasteiger charge is 2.25. The Labute approximate surface area is 124 Å². The van der Waals surface area contributed by atoms with E-state index in [-0.39, 0.29) is 12.5 Å². The number of rotatable bonds is 5. The lowest BCUT2D eigenvalue weighted by Gasteiger charge is -2.27. The van der Waals surface area contributed by atoms with Crippen molar-refractivity contribution < 1.29 is 13.9 Å². The van der Waals surface area contributed by atoms with Crippen molar-refractivity contribution in [1.82, 2.24) is 4.90 Å². The van der Waals surface area contributed by atoms with Gasteiger partial charge in [-0.15, -0.1) is 0 Å². The number of ether oxygens (including phenoxy) is 1. The molecule has 4 nitrogen and oxygen atoms in total. The van der Waals surface area contributed by atoms with Crippen LogP contribution in [-0.2, 0) is 16.1 Å². The van der Waals surface area contributed by atoms with E-state index in [1.165, 1.54) is 13.2 Å².